The fourth-order valence-electron chi connectivity index (χ4n) is 2.01. The molecule has 1 aromatic carbocycles. The molecular weight excluding hydrogens is 222 g/mol. The first-order chi connectivity index (χ1) is 8.74. The Bertz CT molecular complexity index is 341. The van der Waals surface area contributed by atoms with Crippen LogP contribution in [0.3, 0.4) is 0 Å². The van der Waals surface area contributed by atoms with Gasteiger partial charge in [-0.15, -0.1) is 0 Å². The monoisotopic (exact) mass is 247 g/mol. The maximum Gasteiger partial charge on any atom is 0.0720 e. The molecule has 18 heavy (non-hydrogen) atoms. The Morgan fingerprint density at radius 1 is 1.17 bits per heavy atom. The highest BCUT2D eigenvalue weighted by Gasteiger charge is 2.17. The smallest absolute Gasteiger partial charge is 0.0720 e. The lowest BCUT2D eigenvalue weighted by molar-refractivity contribution is -0.00866. The molecule has 0 bridgehead atoms. The number of nitrogens with one attached hydrogen (secondary N) is 1. The lowest BCUT2D eigenvalue weighted by atomic mass is 9.96. The number of rotatable bonds is 7. The van der Waals surface area contributed by atoms with E-state index in [1.165, 1.54) is 30.4 Å². The van der Waals surface area contributed by atoms with Crippen molar-refractivity contribution in [2.45, 2.75) is 52.4 Å². The molecule has 2 nitrogen and oxygen atoms in total. The third-order valence-corrected chi connectivity index (χ3v) is 3.44. The fraction of sp³-hybridized carbons (Fsp3) is 0.625. The Morgan fingerprint density at radius 2 is 1.83 bits per heavy atom. The van der Waals surface area contributed by atoms with Crippen LogP contribution in [0.5, 0.6) is 0 Å². The summed E-state index contributed by atoms with van der Waals surface area (Å²) < 4.78 is 5.80. The van der Waals surface area contributed by atoms with Crippen LogP contribution in [0.2, 0.25) is 0 Å². The Morgan fingerprint density at radius 3 is 2.39 bits per heavy atom. The van der Waals surface area contributed by atoms with Crippen molar-refractivity contribution in [3.63, 3.8) is 0 Å². The molecule has 0 amide bonds. The lowest BCUT2D eigenvalue weighted by Gasteiger charge is -2.25. The summed E-state index contributed by atoms with van der Waals surface area (Å²) in [6, 6.07) is 8.77. The van der Waals surface area contributed by atoms with Gasteiger partial charge in [0.05, 0.1) is 12.7 Å². The van der Waals surface area contributed by atoms with Crippen LogP contribution in [0, 0.1) is 5.92 Å². The molecule has 1 aromatic rings. The highest BCUT2D eigenvalue weighted by molar-refractivity contribution is 5.21. The van der Waals surface area contributed by atoms with Crippen molar-refractivity contribution in [3.8, 4) is 0 Å². The van der Waals surface area contributed by atoms with Gasteiger partial charge in [0, 0.05) is 6.54 Å². The third kappa shape index (κ3) is 4.43. The molecule has 0 spiro atoms. The Hall–Kier alpha value is -0.860. The molecule has 0 atom stereocenters. The summed E-state index contributed by atoms with van der Waals surface area (Å²) >= 11 is 0. The minimum absolute atomic E-state index is 0.525. The lowest BCUT2D eigenvalue weighted by Crippen LogP contribution is -2.21. The Labute approximate surface area is 111 Å². The Balaban J connectivity index is 1.70. The van der Waals surface area contributed by atoms with E-state index in [9.17, 15) is 0 Å². The van der Waals surface area contributed by atoms with Crippen molar-refractivity contribution in [1.82, 2.24) is 5.32 Å². The summed E-state index contributed by atoms with van der Waals surface area (Å²) in [5, 5.41) is 3.46. The fourth-order valence-corrected chi connectivity index (χ4v) is 2.01. The first-order valence-corrected chi connectivity index (χ1v) is 7.14. The number of hydrogen-bond donors (Lipinski definition) is 1. The second-order valence-electron chi connectivity index (χ2n) is 5.71. The van der Waals surface area contributed by atoms with Crippen LogP contribution in [0.1, 0.15) is 44.2 Å². The van der Waals surface area contributed by atoms with Gasteiger partial charge in [-0.3, -0.25) is 0 Å². The van der Waals surface area contributed by atoms with E-state index in [1.807, 2.05) is 0 Å². The normalized spacial score (nSPS) is 15.9. The largest absolute Gasteiger partial charge is 0.374 e. The predicted molar refractivity (Wildman–Crippen MR) is 75.4 cm³/mol. The van der Waals surface area contributed by atoms with Gasteiger partial charge in [0.15, 0.2) is 0 Å². The summed E-state index contributed by atoms with van der Waals surface area (Å²) in [5.41, 5.74) is 2.64. The molecule has 0 aliphatic heterocycles. The van der Waals surface area contributed by atoms with Crippen LogP contribution < -0.4 is 5.32 Å². The molecule has 1 saturated carbocycles. The quantitative estimate of drug-likeness (QED) is 0.796. The standard InChI is InChI=1S/C16H25NO/c1-13(2)10-17-11-14-6-8-15(9-7-14)12-18-16-4-3-5-16/h6-9,13,16-17H,3-5,10-12H2,1-2H3. The van der Waals surface area contributed by atoms with Crippen molar-refractivity contribution in [2.24, 2.45) is 5.92 Å². The zero-order chi connectivity index (χ0) is 12.8. The second-order valence-corrected chi connectivity index (χ2v) is 5.71. The van der Waals surface area contributed by atoms with E-state index in [-0.39, 0.29) is 0 Å². The number of ether oxygens (including phenoxy) is 1. The van der Waals surface area contributed by atoms with E-state index in [0.29, 0.717) is 12.0 Å². The molecule has 0 saturated heterocycles. The molecule has 2 rings (SSSR count). The topological polar surface area (TPSA) is 21.3 Å². The number of benzene rings is 1. The van der Waals surface area contributed by atoms with Gasteiger partial charge in [-0.25, -0.2) is 0 Å². The van der Waals surface area contributed by atoms with Crippen molar-refractivity contribution < 1.29 is 4.74 Å². The van der Waals surface area contributed by atoms with Crippen LogP contribution in [-0.2, 0) is 17.9 Å². The summed E-state index contributed by atoms with van der Waals surface area (Å²) in [6.07, 6.45) is 4.36. The van der Waals surface area contributed by atoms with Crippen molar-refractivity contribution >= 4 is 0 Å². The summed E-state index contributed by atoms with van der Waals surface area (Å²) in [6.45, 7) is 7.26. The second kappa shape index (κ2) is 6.91. The van der Waals surface area contributed by atoms with Gasteiger partial charge in [0.1, 0.15) is 0 Å². The summed E-state index contributed by atoms with van der Waals surface area (Å²) in [4.78, 5) is 0. The average Bonchev–Trinajstić information content (AvgIpc) is 2.28. The van der Waals surface area contributed by atoms with Gasteiger partial charge < -0.3 is 10.1 Å². The van der Waals surface area contributed by atoms with Crippen molar-refractivity contribution in [3.05, 3.63) is 35.4 Å². The maximum absolute atomic E-state index is 5.80. The van der Waals surface area contributed by atoms with E-state index in [4.69, 9.17) is 4.74 Å². The zero-order valence-corrected chi connectivity index (χ0v) is 11.6. The number of hydrogen-bond acceptors (Lipinski definition) is 2. The van der Waals surface area contributed by atoms with Gasteiger partial charge >= 0.3 is 0 Å². The van der Waals surface area contributed by atoms with Crippen molar-refractivity contribution in [2.75, 3.05) is 6.54 Å². The van der Waals surface area contributed by atoms with Gasteiger partial charge in [0.25, 0.3) is 0 Å². The molecule has 0 radical (unpaired) electrons. The molecule has 100 valence electrons. The predicted octanol–water partition coefficient (Wildman–Crippen LogP) is 3.50. The minimum atomic E-state index is 0.525. The van der Waals surface area contributed by atoms with Gasteiger partial charge in [-0.05, 0) is 42.9 Å². The van der Waals surface area contributed by atoms with Crippen LogP contribution in [0.4, 0.5) is 0 Å². The van der Waals surface area contributed by atoms with Crippen molar-refractivity contribution in [1.29, 1.82) is 0 Å². The molecule has 2 heteroatoms. The van der Waals surface area contributed by atoms with Crippen LogP contribution in [-0.4, -0.2) is 12.6 Å². The van der Waals surface area contributed by atoms with Crippen LogP contribution >= 0.6 is 0 Å². The highest BCUT2D eigenvalue weighted by Crippen LogP contribution is 2.23. The molecular formula is C16H25NO. The van der Waals surface area contributed by atoms with E-state index in [1.54, 1.807) is 0 Å². The van der Waals surface area contributed by atoms with E-state index in [0.717, 1.165) is 19.7 Å². The maximum atomic E-state index is 5.80. The SMILES string of the molecule is CC(C)CNCc1ccc(COC2CCC2)cc1. The first kappa shape index (κ1) is 13.6. The highest BCUT2D eigenvalue weighted by atomic mass is 16.5. The molecule has 0 aromatic heterocycles. The minimum Gasteiger partial charge on any atom is -0.374 e. The zero-order valence-electron chi connectivity index (χ0n) is 11.6. The molecule has 1 aliphatic rings. The molecule has 0 heterocycles. The molecule has 1 fully saturated rings. The van der Waals surface area contributed by atoms with Gasteiger partial charge in [-0.2, -0.15) is 0 Å². The molecule has 1 N–H and O–H groups in total. The average molecular weight is 247 g/mol. The Kier molecular flexibility index (Phi) is 5.21. The first-order valence-electron chi connectivity index (χ1n) is 7.14. The summed E-state index contributed by atoms with van der Waals surface area (Å²) in [7, 11) is 0. The van der Waals surface area contributed by atoms with Crippen LogP contribution in [0.25, 0.3) is 0 Å². The van der Waals surface area contributed by atoms with E-state index < -0.39 is 0 Å². The molecule has 0 unspecified atom stereocenters. The third-order valence-electron chi connectivity index (χ3n) is 3.44. The molecule has 1 aliphatic carbocycles. The van der Waals surface area contributed by atoms with Gasteiger partial charge in [0.2, 0.25) is 0 Å². The summed E-state index contributed by atoms with van der Waals surface area (Å²) in [5.74, 6) is 0.708. The van der Waals surface area contributed by atoms with E-state index in [2.05, 4.69) is 43.4 Å². The van der Waals surface area contributed by atoms with Gasteiger partial charge in [-0.1, -0.05) is 38.1 Å². The van der Waals surface area contributed by atoms with E-state index >= 15 is 0 Å². The van der Waals surface area contributed by atoms with Crippen LogP contribution in [0.15, 0.2) is 24.3 Å².